The van der Waals surface area contributed by atoms with E-state index in [-0.39, 0.29) is 25.0 Å². The monoisotopic (exact) mass is 414 g/mol. The van der Waals surface area contributed by atoms with Crippen molar-refractivity contribution in [3.63, 3.8) is 0 Å². The third-order valence-corrected chi connectivity index (χ3v) is 4.65. The molecule has 162 valence electrons. The molecule has 7 heteroatoms. The Balaban J connectivity index is 2.18. The summed E-state index contributed by atoms with van der Waals surface area (Å²) in [4.78, 5) is 27.2. The van der Waals surface area contributed by atoms with Crippen molar-refractivity contribution in [2.24, 2.45) is 0 Å². The van der Waals surface area contributed by atoms with Crippen molar-refractivity contribution in [2.75, 3.05) is 27.4 Å². The first-order valence-electron chi connectivity index (χ1n) is 9.99. The molecular weight excluding hydrogens is 384 g/mol. The van der Waals surface area contributed by atoms with Crippen LogP contribution in [0.15, 0.2) is 48.5 Å². The molecule has 0 spiro atoms. The van der Waals surface area contributed by atoms with Crippen LogP contribution in [0.25, 0.3) is 0 Å². The van der Waals surface area contributed by atoms with Gasteiger partial charge < -0.3 is 24.4 Å². The molecular formula is C23H30N2O5. The van der Waals surface area contributed by atoms with E-state index >= 15 is 0 Å². The number of carbonyl (C=O) groups is 2. The van der Waals surface area contributed by atoms with E-state index in [0.29, 0.717) is 30.2 Å². The topological polar surface area (TPSA) is 77.1 Å². The fourth-order valence-corrected chi connectivity index (χ4v) is 3.08. The van der Waals surface area contributed by atoms with Crippen molar-refractivity contribution in [1.29, 1.82) is 0 Å². The Bertz CT molecular complexity index is 823. The van der Waals surface area contributed by atoms with Gasteiger partial charge in [-0.25, -0.2) is 0 Å². The fraction of sp³-hybridized carbons (Fsp3) is 0.391. The molecule has 2 aromatic carbocycles. The summed E-state index contributed by atoms with van der Waals surface area (Å²) in [5.74, 6) is 1.50. The van der Waals surface area contributed by atoms with E-state index in [0.717, 1.165) is 5.56 Å². The summed E-state index contributed by atoms with van der Waals surface area (Å²) in [6, 6.07) is 13.9. The first-order chi connectivity index (χ1) is 14.5. The molecule has 0 heterocycles. The highest BCUT2D eigenvalue weighted by molar-refractivity contribution is 5.88. The quantitative estimate of drug-likeness (QED) is 0.612. The summed E-state index contributed by atoms with van der Waals surface area (Å²) in [7, 11) is 3.18. The number of methoxy groups -OCH3 is 2. The molecule has 0 saturated carbocycles. The van der Waals surface area contributed by atoms with Gasteiger partial charge in [-0.2, -0.15) is 0 Å². The van der Waals surface area contributed by atoms with Crippen LogP contribution in [0, 0.1) is 0 Å². The highest BCUT2D eigenvalue weighted by Crippen LogP contribution is 2.19. The molecule has 30 heavy (non-hydrogen) atoms. The van der Waals surface area contributed by atoms with Gasteiger partial charge in [-0.3, -0.25) is 9.59 Å². The first kappa shape index (κ1) is 23.1. The lowest BCUT2D eigenvalue weighted by Gasteiger charge is -2.30. The molecule has 7 nitrogen and oxygen atoms in total. The predicted octanol–water partition coefficient (Wildman–Crippen LogP) is 3.03. The molecule has 0 aliphatic heterocycles. The second kappa shape index (κ2) is 11.7. The van der Waals surface area contributed by atoms with Crippen molar-refractivity contribution < 1.29 is 23.8 Å². The highest BCUT2D eigenvalue weighted by Gasteiger charge is 2.28. The average Bonchev–Trinajstić information content (AvgIpc) is 2.78. The Morgan fingerprint density at radius 2 is 1.63 bits per heavy atom. The Labute approximate surface area is 177 Å². The van der Waals surface area contributed by atoms with E-state index in [1.807, 2.05) is 38.1 Å². The van der Waals surface area contributed by atoms with Crippen LogP contribution in [-0.2, 0) is 16.1 Å². The Morgan fingerprint density at radius 3 is 2.23 bits per heavy atom. The van der Waals surface area contributed by atoms with Gasteiger partial charge >= 0.3 is 0 Å². The van der Waals surface area contributed by atoms with E-state index in [4.69, 9.17) is 14.2 Å². The van der Waals surface area contributed by atoms with E-state index in [9.17, 15) is 9.59 Å². The third kappa shape index (κ3) is 6.40. The lowest BCUT2D eigenvalue weighted by Crippen LogP contribution is -2.50. The van der Waals surface area contributed by atoms with E-state index in [1.165, 1.54) is 0 Å². The van der Waals surface area contributed by atoms with Gasteiger partial charge in [0.25, 0.3) is 5.91 Å². The lowest BCUT2D eigenvalue weighted by molar-refractivity contribution is -0.142. The van der Waals surface area contributed by atoms with Crippen molar-refractivity contribution in [1.82, 2.24) is 10.2 Å². The largest absolute Gasteiger partial charge is 0.497 e. The molecule has 2 aromatic rings. The zero-order valence-corrected chi connectivity index (χ0v) is 18.0. The molecule has 1 atom stereocenters. The van der Waals surface area contributed by atoms with Crippen molar-refractivity contribution in [2.45, 2.75) is 32.9 Å². The van der Waals surface area contributed by atoms with Gasteiger partial charge in [-0.15, -0.1) is 0 Å². The van der Waals surface area contributed by atoms with Gasteiger partial charge in [-0.05, 0) is 55.3 Å². The van der Waals surface area contributed by atoms with Gasteiger partial charge in [0.05, 0.1) is 14.2 Å². The molecule has 0 fully saturated rings. The number of carbonyl (C=O) groups excluding carboxylic acids is 2. The zero-order valence-electron chi connectivity index (χ0n) is 18.0. The lowest BCUT2D eigenvalue weighted by atomic mass is 10.1. The maximum Gasteiger partial charge on any atom is 0.261 e. The molecule has 0 unspecified atom stereocenters. The fourth-order valence-electron chi connectivity index (χ4n) is 3.08. The summed E-state index contributed by atoms with van der Waals surface area (Å²) in [5, 5.41) is 2.81. The zero-order chi connectivity index (χ0) is 21.9. The maximum atomic E-state index is 13.1. The minimum atomic E-state index is -0.594. The van der Waals surface area contributed by atoms with Crippen LogP contribution < -0.4 is 19.5 Å². The minimum Gasteiger partial charge on any atom is -0.497 e. The van der Waals surface area contributed by atoms with Crippen LogP contribution in [0.4, 0.5) is 0 Å². The van der Waals surface area contributed by atoms with Crippen molar-refractivity contribution in [3.8, 4) is 17.2 Å². The van der Waals surface area contributed by atoms with Gasteiger partial charge in [0.2, 0.25) is 5.91 Å². The molecule has 1 N–H and O–H groups in total. The third-order valence-electron chi connectivity index (χ3n) is 4.65. The predicted molar refractivity (Wildman–Crippen MR) is 115 cm³/mol. The summed E-state index contributed by atoms with van der Waals surface area (Å²) in [6.07, 6.45) is 0.490. The Hall–Kier alpha value is -3.22. The maximum absolute atomic E-state index is 13.1. The molecule has 2 amide bonds. The minimum absolute atomic E-state index is 0.174. The van der Waals surface area contributed by atoms with Crippen molar-refractivity contribution in [3.05, 3.63) is 54.1 Å². The van der Waals surface area contributed by atoms with E-state index in [2.05, 4.69) is 5.32 Å². The van der Waals surface area contributed by atoms with E-state index < -0.39 is 6.04 Å². The molecule has 2 rings (SSSR count). The van der Waals surface area contributed by atoms with Crippen LogP contribution in [0.1, 0.15) is 25.8 Å². The number of amides is 2. The summed E-state index contributed by atoms with van der Waals surface area (Å²) >= 11 is 0. The summed E-state index contributed by atoms with van der Waals surface area (Å²) in [5.41, 5.74) is 0.870. The highest BCUT2D eigenvalue weighted by atomic mass is 16.5. The molecule has 0 aliphatic rings. The molecule has 0 aliphatic carbocycles. The number of hydrogen-bond acceptors (Lipinski definition) is 5. The van der Waals surface area contributed by atoms with Crippen LogP contribution in [0.2, 0.25) is 0 Å². The van der Waals surface area contributed by atoms with Crippen LogP contribution in [0.5, 0.6) is 17.2 Å². The van der Waals surface area contributed by atoms with Crippen LogP contribution >= 0.6 is 0 Å². The van der Waals surface area contributed by atoms with Crippen LogP contribution in [0.3, 0.4) is 0 Å². The number of rotatable bonds is 11. The smallest absolute Gasteiger partial charge is 0.261 e. The number of benzene rings is 2. The van der Waals surface area contributed by atoms with Gasteiger partial charge in [0, 0.05) is 13.1 Å². The van der Waals surface area contributed by atoms with Crippen molar-refractivity contribution >= 4 is 11.8 Å². The normalized spacial score (nSPS) is 11.3. The van der Waals surface area contributed by atoms with E-state index in [1.54, 1.807) is 43.4 Å². The molecule has 0 saturated heterocycles. The molecule has 0 bridgehead atoms. The standard InChI is InChI=1S/C23H30N2O5/c1-5-21(23(27)24-6-2)25(15-17-8-7-9-20(14-17)29-4)22(26)16-30-19-12-10-18(28-3)11-13-19/h7-14,21H,5-6,15-16H2,1-4H3,(H,24,27)/t21-/m0/s1. The molecule has 0 aromatic heterocycles. The number of ether oxygens (including phenoxy) is 3. The first-order valence-corrected chi connectivity index (χ1v) is 9.99. The second-order valence-electron chi connectivity index (χ2n) is 6.66. The number of likely N-dealkylation sites (N-methyl/N-ethyl adjacent to an activating group) is 1. The summed E-state index contributed by atoms with van der Waals surface area (Å²) in [6.45, 7) is 4.34. The Kier molecular flexibility index (Phi) is 9.00. The molecule has 0 radical (unpaired) electrons. The number of nitrogens with zero attached hydrogens (tertiary/aromatic N) is 1. The van der Waals surface area contributed by atoms with Gasteiger partial charge in [-0.1, -0.05) is 19.1 Å². The van der Waals surface area contributed by atoms with Crippen LogP contribution in [-0.4, -0.2) is 50.1 Å². The summed E-state index contributed by atoms with van der Waals surface area (Å²) < 4.78 is 16.1. The number of hydrogen-bond donors (Lipinski definition) is 1. The Morgan fingerprint density at radius 1 is 0.967 bits per heavy atom. The average molecular weight is 415 g/mol. The SMILES string of the molecule is CCNC(=O)[C@H](CC)N(Cc1cccc(OC)c1)C(=O)COc1ccc(OC)cc1. The number of nitrogens with one attached hydrogen (secondary N) is 1. The van der Waals surface area contributed by atoms with Gasteiger partial charge in [0.15, 0.2) is 6.61 Å². The second-order valence-corrected chi connectivity index (χ2v) is 6.66. The van der Waals surface area contributed by atoms with Gasteiger partial charge in [0.1, 0.15) is 23.3 Å².